The first kappa shape index (κ1) is 21.3. The molecule has 0 aromatic heterocycles. The van der Waals surface area contributed by atoms with Crippen LogP contribution in [0.25, 0.3) is 0 Å². The Labute approximate surface area is 177 Å². The molecule has 1 aliphatic heterocycles. The molecule has 29 heavy (non-hydrogen) atoms. The lowest BCUT2D eigenvalue weighted by molar-refractivity contribution is -0.120. The van der Waals surface area contributed by atoms with Crippen LogP contribution in [0, 0.1) is 0 Å². The van der Waals surface area contributed by atoms with E-state index in [0.717, 1.165) is 18.7 Å². The maximum atomic E-state index is 12.2. The topological polar surface area (TPSA) is 61.4 Å². The van der Waals surface area contributed by atoms with Gasteiger partial charge in [-0.3, -0.25) is 14.5 Å². The zero-order valence-electron chi connectivity index (χ0n) is 16.8. The number of piperidine rings is 1. The monoisotopic (exact) mass is 413 g/mol. The number of amides is 2. The van der Waals surface area contributed by atoms with Gasteiger partial charge < -0.3 is 10.6 Å². The van der Waals surface area contributed by atoms with Gasteiger partial charge in [0.15, 0.2) is 0 Å². The fourth-order valence-electron chi connectivity index (χ4n) is 3.65. The van der Waals surface area contributed by atoms with Crippen molar-refractivity contribution in [3.05, 3.63) is 70.2 Å². The Morgan fingerprint density at radius 2 is 1.76 bits per heavy atom. The number of hydrogen-bond acceptors (Lipinski definition) is 3. The van der Waals surface area contributed by atoms with Crippen molar-refractivity contribution in [1.29, 1.82) is 0 Å². The minimum atomic E-state index is -0.356. The number of hydrogen-bond donors (Lipinski definition) is 2. The third kappa shape index (κ3) is 6.05. The number of nitrogens with zero attached hydrogens (tertiary/aromatic N) is 1. The summed E-state index contributed by atoms with van der Waals surface area (Å²) in [5.74, 6) is -0.586. The molecular weight excluding hydrogens is 386 g/mol. The van der Waals surface area contributed by atoms with Crippen molar-refractivity contribution in [2.45, 2.75) is 45.3 Å². The minimum absolute atomic E-state index is 0.0879. The van der Waals surface area contributed by atoms with Crippen molar-refractivity contribution in [1.82, 2.24) is 15.5 Å². The van der Waals surface area contributed by atoms with E-state index in [1.807, 2.05) is 18.2 Å². The van der Waals surface area contributed by atoms with Crippen LogP contribution < -0.4 is 10.6 Å². The molecule has 0 unspecified atom stereocenters. The van der Waals surface area contributed by atoms with Crippen molar-refractivity contribution >= 4 is 23.4 Å². The van der Waals surface area contributed by atoms with Crippen molar-refractivity contribution < 1.29 is 9.59 Å². The summed E-state index contributed by atoms with van der Waals surface area (Å²) in [7, 11) is 0. The molecule has 0 aliphatic carbocycles. The summed E-state index contributed by atoms with van der Waals surface area (Å²) in [5.41, 5.74) is 2.71. The molecule has 0 saturated carbocycles. The standard InChI is InChI=1S/C23H28ClN3O2/c1-17-8-6-7-13-27(17)16-19-10-3-2-9-18(19)14-25-22(28)15-26-23(29)20-11-4-5-12-21(20)24/h2-5,9-12,17H,6-8,13-16H2,1H3,(H,25,28)(H,26,29)/t17-/m0/s1. The quantitative estimate of drug-likeness (QED) is 0.726. The highest BCUT2D eigenvalue weighted by atomic mass is 35.5. The number of nitrogens with one attached hydrogen (secondary N) is 2. The van der Waals surface area contributed by atoms with Crippen LogP contribution in [0.3, 0.4) is 0 Å². The SMILES string of the molecule is C[C@H]1CCCCN1Cc1ccccc1CNC(=O)CNC(=O)c1ccccc1Cl. The molecule has 2 N–H and O–H groups in total. The summed E-state index contributed by atoms with van der Waals surface area (Å²) in [4.78, 5) is 26.9. The molecule has 1 heterocycles. The molecule has 3 rings (SSSR count). The molecular formula is C23H28ClN3O2. The van der Waals surface area contributed by atoms with Gasteiger partial charge in [0.25, 0.3) is 5.91 Å². The molecule has 2 amide bonds. The Hall–Kier alpha value is -2.37. The Kier molecular flexibility index (Phi) is 7.67. The highest BCUT2D eigenvalue weighted by Gasteiger charge is 2.19. The van der Waals surface area contributed by atoms with Crippen LogP contribution in [0.15, 0.2) is 48.5 Å². The van der Waals surface area contributed by atoms with Gasteiger partial charge in [-0.15, -0.1) is 0 Å². The Morgan fingerprint density at radius 1 is 1.03 bits per heavy atom. The van der Waals surface area contributed by atoms with E-state index in [2.05, 4.69) is 28.5 Å². The van der Waals surface area contributed by atoms with Crippen LogP contribution in [-0.2, 0) is 17.9 Å². The lowest BCUT2D eigenvalue weighted by Gasteiger charge is -2.33. The molecule has 2 aromatic carbocycles. The molecule has 5 nitrogen and oxygen atoms in total. The first-order valence-corrected chi connectivity index (χ1v) is 10.5. The number of rotatable bonds is 7. The van der Waals surface area contributed by atoms with Crippen molar-refractivity contribution in [3.63, 3.8) is 0 Å². The third-order valence-electron chi connectivity index (χ3n) is 5.44. The summed E-state index contributed by atoms with van der Waals surface area (Å²) in [6, 6.07) is 15.6. The second kappa shape index (κ2) is 10.4. The van der Waals surface area contributed by atoms with Gasteiger partial charge in [-0.05, 0) is 49.6 Å². The molecule has 154 valence electrons. The first-order valence-electron chi connectivity index (χ1n) is 10.1. The first-order chi connectivity index (χ1) is 14.0. The van der Waals surface area contributed by atoms with E-state index in [1.165, 1.54) is 24.8 Å². The maximum absolute atomic E-state index is 12.2. The Bertz CT molecular complexity index is 856. The predicted octanol–water partition coefficient (Wildman–Crippen LogP) is 3.76. The summed E-state index contributed by atoms with van der Waals surface area (Å²) in [6.07, 6.45) is 3.79. The fourth-order valence-corrected chi connectivity index (χ4v) is 3.87. The predicted molar refractivity (Wildman–Crippen MR) is 116 cm³/mol. The second-order valence-electron chi connectivity index (χ2n) is 7.52. The van der Waals surface area contributed by atoms with Crippen LogP contribution in [-0.4, -0.2) is 35.8 Å². The van der Waals surface area contributed by atoms with E-state index in [9.17, 15) is 9.59 Å². The van der Waals surface area contributed by atoms with E-state index >= 15 is 0 Å². The summed E-state index contributed by atoms with van der Waals surface area (Å²) < 4.78 is 0. The normalized spacial score (nSPS) is 17.0. The molecule has 1 atom stereocenters. The summed E-state index contributed by atoms with van der Waals surface area (Å²) in [6.45, 7) is 4.66. The second-order valence-corrected chi connectivity index (χ2v) is 7.93. The molecule has 6 heteroatoms. The zero-order chi connectivity index (χ0) is 20.6. The third-order valence-corrected chi connectivity index (χ3v) is 5.77. The van der Waals surface area contributed by atoms with Crippen LogP contribution >= 0.6 is 11.6 Å². The average Bonchev–Trinajstić information content (AvgIpc) is 2.73. The number of carbonyl (C=O) groups excluding carboxylic acids is 2. The lowest BCUT2D eigenvalue weighted by atomic mass is 10.0. The van der Waals surface area contributed by atoms with Gasteiger partial charge >= 0.3 is 0 Å². The maximum Gasteiger partial charge on any atom is 0.253 e. The Morgan fingerprint density at radius 3 is 2.52 bits per heavy atom. The van der Waals surface area contributed by atoms with Gasteiger partial charge in [-0.1, -0.05) is 54.4 Å². The highest BCUT2D eigenvalue weighted by molar-refractivity contribution is 6.33. The fraction of sp³-hybridized carbons (Fsp3) is 0.391. The van der Waals surface area contributed by atoms with Gasteiger partial charge in [0.2, 0.25) is 5.91 Å². The van der Waals surface area contributed by atoms with Gasteiger partial charge in [-0.25, -0.2) is 0 Å². The van der Waals surface area contributed by atoms with Gasteiger partial charge in [-0.2, -0.15) is 0 Å². The van der Waals surface area contributed by atoms with Gasteiger partial charge in [0.05, 0.1) is 17.1 Å². The van der Waals surface area contributed by atoms with Crippen LogP contribution in [0.5, 0.6) is 0 Å². The molecule has 1 saturated heterocycles. The van der Waals surface area contributed by atoms with Crippen LogP contribution in [0.2, 0.25) is 5.02 Å². The molecule has 0 spiro atoms. The number of halogens is 1. The zero-order valence-corrected chi connectivity index (χ0v) is 17.5. The summed E-state index contributed by atoms with van der Waals surface area (Å²) in [5, 5.41) is 5.89. The van der Waals surface area contributed by atoms with E-state index in [1.54, 1.807) is 24.3 Å². The van der Waals surface area contributed by atoms with Crippen LogP contribution in [0.4, 0.5) is 0 Å². The molecule has 1 fully saturated rings. The largest absolute Gasteiger partial charge is 0.350 e. The smallest absolute Gasteiger partial charge is 0.253 e. The highest BCUT2D eigenvalue weighted by Crippen LogP contribution is 2.20. The lowest BCUT2D eigenvalue weighted by Crippen LogP contribution is -2.38. The molecule has 0 radical (unpaired) electrons. The van der Waals surface area contributed by atoms with Crippen molar-refractivity contribution in [2.24, 2.45) is 0 Å². The number of likely N-dealkylation sites (tertiary alicyclic amines) is 1. The van der Waals surface area contributed by atoms with E-state index in [0.29, 0.717) is 23.2 Å². The molecule has 0 bridgehead atoms. The van der Waals surface area contributed by atoms with E-state index < -0.39 is 0 Å². The van der Waals surface area contributed by atoms with E-state index in [-0.39, 0.29) is 18.4 Å². The van der Waals surface area contributed by atoms with Crippen LogP contribution in [0.1, 0.15) is 47.7 Å². The van der Waals surface area contributed by atoms with Gasteiger partial charge in [0.1, 0.15) is 0 Å². The van der Waals surface area contributed by atoms with Crippen molar-refractivity contribution in [2.75, 3.05) is 13.1 Å². The molecule has 2 aromatic rings. The van der Waals surface area contributed by atoms with Gasteiger partial charge in [0, 0.05) is 19.1 Å². The van der Waals surface area contributed by atoms with E-state index in [4.69, 9.17) is 11.6 Å². The minimum Gasteiger partial charge on any atom is -0.350 e. The number of benzene rings is 2. The molecule has 1 aliphatic rings. The number of carbonyl (C=O) groups is 2. The average molecular weight is 414 g/mol. The Balaban J connectivity index is 1.51. The van der Waals surface area contributed by atoms with Crippen molar-refractivity contribution in [3.8, 4) is 0 Å². The summed E-state index contributed by atoms with van der Waals surface area (Å²) >= 11 is 6.02.